The Morgan fingerprint density at radius 2 is 1.35 bits per heavy atom. The van der Waals surface area contributed by atoms with E-state index in [1.807, 2.05) is 84.9 Å². The number of hydrogen-bond acceptors (Lipinski definition) is 7. The predicted octanol–water partition coefficient (Wildman–Crippen LogP) is 3.75. The first-order chi connectivity index (χ1) is 23.4. The highest BCUT2D eigenvalue weighted by Gasteiger charge is 2.31. The lowest BCUT2D eigenvalue weighted by atomic mass is 10.0. The lowest BCUT2D eigenvalue weighted by molar-refractivity contribution is -0.147. The average molecular weight is 651 g/mol. The summed E-state index contributed by atoms with van der Waals surface area (Å²) in [6, 6.07) is 22.7. The average Bonchev–Trinajstić information content (AvgIpc) is 3.77. The highest BCUT2D eigenvalue weighted by Crippen LogP contribution is 2.20. The number of benzene rings is 3. The molecule has 0 aliphatic rings. The summed E-state index contributed by atoms with van der Waals surface area (Å²) in [6.45, 7) is 1.83. The Bertz CT molecular complexity index is 1790. The van der Waals surface area contributed by atoms with Gasteiger partial charge in [-0.3, -0.25) is 9.59 Å². The van der Waals surface area contributed by atoms with Crippen molar-refractivity contribution in [2.45, 2.75) is 50.9 Å². The number of carbonyl (C=O) groups excluding carboxylic acids is 4. The van der Waals surface area contributed by atoms with Gasteiger partial charge in [0.1, 0.15) is 24.7 Å². The third-order valence-corrected chi connectivity index (χ3v) is 7.70. The second kappa shape index (κ2) is 16.6. The topological polar surface area (TPSA) is 167 Å². The van der Waals surface area contributed by atoms with Crippen LogP contribution in [0.2, 0.25) is 0 Å². The summed E-state index contributed by atoms with van der Waals surface area (Å²) in [7, 11) is 0. The molecule has 3 atom stereocenters. The molecule has 0 fully saturated rings. The number of hydrogen-bond donors (Lipinski definition) is 5. The minimum Gasteiger partial charge on any atom is -0.464 e. The van der Waals surface area contributed by atoms with Gasteiger partial charge in [0.05, 0.1) is 12.9 Å². The number of H-pyrrole nitrogens is 2. The Morgan fingerprint density at radius 3 is 2.04 bits per heavy atom. The van der Waals surface area contributed by atoms with Gasteiger partial charge in [-0.25, -0.2) is 14.6 Å². The quantitative estimate of drug-likeness (QED) is 0.108. The van der Waals surface area contributed by atoms with Gasteiger partial charge in [0.2, 0.25) is 11.8 Å². The van der Waals surface area contributed by atoms with E-state index in [4.69, 9.17) is 9.47 Å². The van der Waals surface area contributed by atoms with Crippen molar-refractivity contribution in [1.82, 2.24) is 30.9 Å². The van der Waals surface area contributed by atoms with E-state index >= 15 is 0 Å². The van der Waals surface area contributed by atoms with E-state index in [-0.39, 0.29) is 32.5 Å². The lowest BCUT2D eigenvalue weighted by Crippen LogP contribution is -2.57. The molecule has 12 nitrogen and oxygen atoms in total. The second-order valence-corrected chi connectivity index (χ2v) is 11.2. The van der Waals surface area contributed by atoms with Crippen LogP contribution in [0.25, 0.3) is 10.9 Å². The fourth-order valence-corrected chi connectivity index (χ4v) is 5.29. The minimum atomic E-state index is -1.12. The van der Waals surface area contributed by atoms with Gasteiger partial charge < -0.3 is 35.4 Å². The molecule has 0 spiro atoms. The predicted molar refractivity (Wildman–Crippen MR) is 178 cm³/mol. The lowest BCUT2D eigenvalue weighted by Gasteiger charge is -2.25. The van der Waals surface area contributed by atoms with E-state index in [0.717, 1.165) is 27.6 Å². The molecule has 0 aliphatic carbocycles. The molecule has 0 saturated carbocycles. The Kier molecular flexibility index (Phi) is 11.6. The molecule has 0 bridgehead atoms. The Morgan fingerprint density at radius 1 is 0.708 bits per heavy atom. The zero-order valence-electron chi connectivity index (χ0n) is 26.5. The van der Waals surface area contributed by atoms with Crippen LogP contribution < -0.4 is 16.0 Å². The molecule has 48 heavy (non-hydrogen) atoms. The molecule has 0 saturated heterocycles. The number of aromatic amines is 2. The zero-order chi connectivity index (χ0) is 33.7. The van der Waals surface area contributed by atoms with Crippen LogP contribution in [0.4, 0.5) is 4.79 Å². The van der Waals surface area contributed by atoms with Crippen molar-refractivity contribution in [2.24, 2.45) is 0 Å². The largest absolute Gasteiger partial charge is 0.464 e. The van der Waals surface area contributed by atoms with Crippen molar-refractivity contribution in [2.75, 3.05) is 6.61 Å². The van der Waals surface area contributed by atoms with Crippen molar-refractivity contribution >= 4 is 34.8 Å². The number of aromatic nitrogens is 3. The third kappa shape index (κ3) is 9.32. The van der Waals surface area contributed by atoms with Crippen molar-refractivity contribution in [3.63, 3.8) is 0 Å². The number of nitrogens with one attached hydrogen (secondary N) is 5. The van der Waals surface area contributed by atoms with Gasteiger partial charge in [0, 0.05) is 48.3 Å². The number of amides is 3. The van der Waals surface area contributed by atoms with Gasteiger partial charge in [-0.05, 0) is 29.7 Å². The summed E-state index contributed by atoms with van der Waals surface area (Å²) in [6.07, 6.45) is 4.34. The van der Waals surface area contributed by atoms with Crippen molar-refractivity contribution in [1.29, 1.82) is 0 Å². The Balaban J connectivity index is 1.34. The fourth-order valence-electron chi connectivity index (χ4n) is 5.29. The normalized spacial score (nSPS) is 12.8. The van der Waals surface area contributed by atoms with Gasteiger partial charge in [-0.15, -0.1) is 0 Å². The number of carbonyl (C=O) groups is 4. The first-order valence-electron chi connectivity index (χ1n) is 15.7. The number of nitrogens with zero attached hydrogens (tertiary/aromatic N) is 1. The highest BCUT2D eigenvalue weighted by molar-refractivity contribution is 5.94. The van der Waals surface area contributed by atoms with Crippen LogP contribution in [0, 0.1) is 0 Å². The standard InChI is InChI=1S/C36H38N6O6/c1-2-47-35(45)32(18-26-20-38-29-16-10-9-15-28(26)29)41-33(43)30(17-24-11-5-3-6-12-24)40-34(44)31(19-27-21-37-23-39-27)42-36(46)48-22-25-13-7-4-8-14-25/h3-16,20-21,23,30-32,38H,2,17-19,22H2,1H3,(H,37,39)(H,40,44)(H,41,43)(H,42,46)/t30-,31-,32-/m0/s1. The molecule has 0 unspecified atom stereocenters. The third-order valence-electron chi connectivity index (χ3n) is 7.70. The molecule has 3 aromatic carbocycles. The maximum Gasteiger partial charge on any atom is 0.408 e. The number of rotatable bonds is 15. The monoisotopic (exact) mass is 650 g/mol. The molecule has 0 radical (unpaired) electrons. The van der Waals surface area contributed by atoms with E-state index in [2.05, 4.69) is 30.9 Å². The van der Waals surface area contributed by atoms with Crippen molar-refractivity contribution < 1.29 is 28.7 Å². The van der Waals surface area contributed by atoms with E-state index in [1.165, 1.54) is 6.33 Å². The molecule has 2 heterocycles. The van der Waals surface area contributed by atoms with E-state index < -0.39 is 42.0 Å². The number of fused-ring (bicyclic) bond motifs is 1. The molecule has 2 aromatic heterocycles. The second-order valence-electron chi connectivity index (χ2n) is 11.2. The molecule has 5 aromatic rings. The van der Waals surface area contributed by atoms with Crippen LogP contribution in [0.3, 0.4) is 0 Å². The van der Waals surface area contributed by atoms with Gasteiger partial charge in [0.25, 0.3) is 0 Å². The van der Waals surface area contributed by atoms with Gasteiger partial charge >= 0.3 is 12.1 Å². The van der Waals surface area contributed by atoms with E-state index in [1.54, 1.807) is 19.3 Å². The number of esters is 1. The molecule has 3 amide bonds. The molecule has 248 valence electrons. The molecule has 0 aliphatic heterocycles. The maximum absolute atomic E-state index is 13.9. The zero-order valence-corrected chi connectivity index (χ0v) is 26.5. The summed E-state index contributed by atoms with van der Waals surface area (Å²) in [4.78, 5) is 63.8. The SMILES string of the molecule is CCOC(=O)[C@H](Cc1c[nH]c2ccccc12)NC(=O)[C@H](Cc1ccccc1)NC(=O)[C@H](Cc1cnc[nH]1)NC(=O)OCc1ccccc1. The number of alkyl carbamates (subject to hydrolysis) is 1. The van der Waals surface area contributed by atoms with Crippen LogP contribution in [0.5, 0.6) is 0 Å². The highest BCUT2D eigenvalue weighted by atomic mass is 16.5. The summed E-state index contributed by atoms with van der Waals surface area (Å²) in [5.74, 6) is -1.81. The molecule has 5 N–H and O–H groups in total. The van der Waals surface area contributed by atoms with Crippen molar-refractivity contribution in [3.8, 4) is 0 Å². The smallest absolute Gasteiger partial charge is 0.408 e. The van der Waals surface area contributed by atoms with Crippen LogP contribution >= 0.6 is 0 Å². The van der Waals surface area contributed by atoms with E-state index in [9.17, 15) is 19.2 Å². The molecule has 12 heteroatoms. The first kappa shape index (κ1) is 33.5. The van der Waals surface area contributed by atoms with Crippen molar-refractivity contribution in [3.05, 3.63) is 126 Å². The molecular formula is C36H38N6O6. The Labute approximate surface area is 277 Å². The van der Waals surface area contributed by atoms with Crippen LogP contribution in [-0.4, -0.2) is 63.6 Å². The number of imidazole rings is 1. The number of ether oxygens (including phenoxy) is 2. The van der Waals surface area contributed by atoms with Gasteiger partial charge in [-0.1, -0.05) is 78.9 Å². The molecule has 5 rings (SSSR count). The summed E-state index contributed by atoms with van der Waals surface area (Å²) in [5.41, 5.74) is 3.87. The summed E-state index contributed by atoms with van der Waals surface area (Å²) < 4.78 is 10.7. The summed E-state index contributed by atoms with van der Waals surface area (Å²) >= 11 is 0. The maximum atomic E-state index is 13.9. The first-order valence-corrected chi connectivity index (χ1v) is 15.7. The van der Waals surface area contributed by atoms with Crippen LogP contribution in [-0.2, 0) is 49.7 Å². The summed E-state index contributed by atoms with van der Waals surface area (Å²) in [5, 5.41) is 9.18. The van der Waals surface area contributed by atoms with Gasteiger partial charge in [0.15, 0.2) is 0 Å². The van der Waals surface area contributed by atoms with Crippen LogP contribution in [0.1, 0.15) is 29.3 Å². The molecular weight excluding hydrogens is 612 g/mol. The fraction of sp³-hybridized carbons (Fsp3) is 0.250. The number of para-hydroxylation sites is 1. The van der Waals surface area contributed by atoms with Gasteiger partial charge in [-0.2, -0.15) is 0 Å². The van der Waals surface area contributed by atoms with E-state index in [0.29, 0.717) is 5.69 Å². The Hall–Kier alpha value is -5.91. The minimum absolute atomic E-state index is 0.00971. The van der Waals surface area contributed by atoms with Crippen LogP contribution in [0.15, 0.2) is 104 Å².